The highest BCUT2D eigenvalue weighted by molar-refractivity contribution is 6.30. The molecule has 1 atom stereocenters. The second-order valence-corrected chi connectivity index (χ2v) is 6.87. The van der Waals surface area contributed by atoms with E-state index in [1.807, 2.05) is 13.8 Å². The second kappa shape index (κ2) is 9.92. The lowest BCUT2D eigenvalue weighted by Crippen LogP contribution is -2.53. The summed E-state index contributed by atoms with van der Waals surface area (Å²) < 4.78 is 0. The number of carbonyl (C=O) groups excluding carboxylic acids is 3. The van der Waals surface area contributed by atoms with Crippen LogP contribution in [-0.4, -0.2) is 36.0 Å². The Morgan fingerprint density at radius 3 is 2.37 bits per heavy atom. The predicted octanol–water partition coefficient (Wildman–Crippen LogP) is 2.60. The van der Waals surface area contributed by atoms with Crippen molar-refractivity contribution in [3.05, 3.63) is 29.3 Å². The molecule has 0 spiro atoms. The van der Waals surface area contributed by atoms with Gasteiger partial charge >= 0.3 is 6.03 Å². The number of nitrogens with zero attached hydrogens (tertiary/aromatic N) is 1. The fourth-order valence-corrected chi connectivity index (χ4v) is 3.09. The molecule has 150 valence electrons. The number of carbonyl (C=O) groups is 3. The maximum absolute atomic E-state index is 12.5. The first-order chi connectivity index (χ1) is 12.4. The van der Waals surface area contributed by atoms with Gasteiger partial charge in [0.1, 0.15) is 6.04 Å². The van der Waals surface area contributed by atoms with Crippen molar-refractivity contribution in [3.8, 4) is 0 Å². The maximum Gasteiger partial charge on any atom is 0.329 e. The van der Waals surface area contributed by atoms with Gasteiger partial charge in [0.05, 0.1) is 11.2 Å². The summed E-state index contributed by atoms with van der Waals surface area (Å²) in [5.41, 5.74) is 5.81. The van der Waals surface area contributed by atoms with E-state index in [2.05, 4.69) is 10.6 Å². The molecular weight excluding hydrogens is 391 g/mol. The van der Waals surface area contributed by atoms with Crippen molar-refractivity contribution in [2.75, 3.05) is 11.4 Å². The molecule has 1 aliphatic heterocycles. The Balaban J connectivity index is 0.00000364. The quantitative estimate of drug-likeness (QED) is 0.566. The first kappa shape index (κ1) is 23.2. The van der Waals surface area contributed by atoms with E-state index in [4.69, 9.17) is 17.3 Å². The molecule has 9 heteroatoms. The van der Waals surface area contributed by atoms with Gasteiger partial charge in [0.15, 0.2) is 0 Å². The van der Waals surface area contributed by atoms with Crippen molar-refractivity contribution in [1.29, 1.82) is 0 Å². The van der Waals surface area contributed by atoms with Crippen LogP contribution in [0, 0.1) is 0 Å². The van der Waals surface area contributed by atoms with Crippen LogP contribution >= 0.6 is 24.0 Å². The SMILES string of the molecule is CCC(CC)(CN)NC(=O)CCC1NC(=O)N(c2ccc(Cl)cc2)C1=O.Cl. The Labute approximate surface area is 170 Å². The number of hydrogen-bond donors (Lipinski definition) is 3. The topological polar surface area (TPSA) is 105 Å². The fraction of sp³-hybridized carbons (Fsp3) is 0.500. The van der Waals surface area contributed by atoms with E-state index >= 15 is 0 Å². The normalized spacial score (nSPS) is 16.7. The van der Waals surface area contributed by atoms with Crippen molar-refractivity contribution >= 4 is 47.5 Å². The van der Waals surface area contributed by atoms with Crippen molar-refractivity contribution in [3.63, 3.8) is 0 Å². The van der Waals surface area contributed by atoms with Crippen molar-refractivity contribution < 1.29 is 14.4 Å². The number of amides is 4. The average Bonchev–Trinajstić information content (AvgIpc) is 2.92. The summed E-state index contributed by atoms with van der Waals surface area (Å²) in [5, 5.41) is 6.11. The summed E-state index contributed by atoms with van der Waals surface area (Å²) in [5.74, 6) is -0.549. The molecule has 0 aromatic heterocycles. The van der Waals surface area contributed by atoms with E-state index in [1.165, 1.54) is 0 Å². The number of imide groups is 1. The minimum Gasteiger partial charge on any atom is -0.349 e. The van der Waals surface area contributed by atoms with Gasteiger partial charge in [-0.2, -0.15) is 0 Å². The highest BCUT2D eigenvalue weighted by Gasteiger charge is 2.39. The molecule has 4 amide bonds. The molecule has 1 fully saturated rings. The van der Waals surface area contributed by atoms with Crippen LogP contribution in [-0.2, 0) is 9.59 Å². The highest BCUT2D eigenvalue weighted by Crippen LogP contribution is 2.23. The third-order valence-electron chi connectivity index (χ3n) is 4.91. The van der Waals surface area contributed by atoms with Crippen LogP contribution in [0.2, 0.25) is 5.02 Å². The molecule has 1 aromatic carbocycles. The Morgan fingerprint density at radius 1 is 1.26 bits per heavy atom. The summed E-state index contributed by atoms with van der Waals surface area (Å²) in [6.07, 6.45) is 1.83. The molecule has 2 rings (SSSR count). The van der Waals surface area contributed by atoms with Crippen LogP contribution in [0.4, 0.5) is 10.5 Å². The van der Waals surface area contributed by atoms with Gasteiger partial charge in [0.25, 0.3) is 5.91 Å². The number of hydrogen-bond acceptors (Lipinski definition) is 4. The lowest BCUT2D eigenvalue weighted by atomic mass is 9.92. The molecule has 1 unspecified atom stereocenters. The van der Waals surface area contributed by atoms with Crippen molar-refractivity contribution in [2.24, 2.45) is 5.73 Å². The van der Waals surface area contributed by atoms with Crippen LogP contribution in [0.5, 0.6) is 0 Å². The summed E-state index contributed by atoms with van der Waals surface area (Å²) in [4.78, 5) is 38.0. The zero-order valence-electron chi connectivity index (χ0n) is 15.5. The zero-order chi connectivity index (χ0) is 19.3. The largest absolute Gasteiger partial charge is 0.349 e. The lowest BCUT2D eigenvalue weighted by Gasteiger charge is -2.31. The van der Waals surface area contributed by atoms with E-state index in [1.54, 1.807) is 24.3 Å². The van der Waals surface area contributed by atoms with Crippen LogP contribution in [0.25, 0.3) is 0 Å². The number of rotatable bonds is 8. The Bertz CT molecular complexity index is 669. The van der Waals surface area contributed by atoms with E-state index in [0.29, 0.717) is 17.3 Å². The van der Waals surface area contributed by atoms with Crippen LogP contribution in [0.1, 0.15) is 39.5 Å². The van der Waals surface area contributed by atoms with Gasteiger partial charge in [0.2, 0.25) is 5.91 Å². The first-order valence-electron chi connectivity index (χ1n) is 8.77. The third kappa shape index (κ3) is 5.34. The van der Waals surface area contributed by atoms with Gasteiger partial charge in [0, 0.05) is 18.0 Å². The number of nitrogens with one attached hydrogen (secondary N) is 2. The van der Waals surface area contributed by atoms with Crippen LogP contribution in [0.15, 0.2) is 24.3 Å². The van der Waals surface area contributed by atoms with Gasteiger partial charge in [-0.15, -0.1) is 12.4 Å². The Hall–Kier alpha value is -1.83. The molecule has 7 nitrogen and oxygen atoms in total. The molecule has 0 radical (unpaired) electrons. The Kier molecular flexibility index (Phi) is 8.53. The summed E-state index contributed by atoms with van der Waals surface area (Å²) >= 11 is 5.84. The fourth-order valence-electron chi connectivity index (χ4n) is 2.96. The van der Waals surface area contributed by atoms with Crippen molar-refractivity contribution in [2.45, 2.75) is 51.1 Å². The number of halogens is 2. The Morgan fingerprint density at radius 2 is 1.85 bits per heavy atom. The van der Waals surface area contributed by atoms with Gasteiger partial charge in [-0.25, -0.2) is 9.69 Å². The smallest absolute Gasteiger partial charge is 0.329 e. The highest BCUT2D eigenvalue weighted by atomic mass is 35.5. The second-order valence-electron chi connectivity index (χ2n) is 6.43. The van der Waals surface area contributed by atoms with Gasteiger partial charge < -0.3 is 16.4 Å². The zero-order valence-corrected chi connectivity index (χ0v) is 17.0. The number of benzene rings is 1. The maximum atomic E-state index is 12.5. The summed E-state index contributed by atoms with van der Waals surface area (Å²) in [6.45, 7) is 4.30. The lowest BCUT2D eigenvalue weighted by molar-refractivity contribution is -0.123. The standard InChI is InChI=1S/C18H25ClN4O3.ClH/c1-3-18(4-2,11-20)22-15(24)10-9-14-16(25)23(17(26)21-14)13-7-5-12(19)6-8-13;/h5-8,14H,3-4,9-11,20H2,1-2H3,(H,21,26)(H,22,24);1H. The molecule has 1 aliphatic rings. The number of nitrogens with two attached hydrogens (primary N) is 1. The predicted molar refractivity (Wildman–Crippen MR) is 108 cm³/mol. The molecule has 1 heterocycles. The van der Waals surface area contributed by atoms with Gasteiger partial charge in [-0.05, 0) is 43.5 Å². The van der Waals surface area contributed by atoms with Crippen LogP contribution in [0.3, 0.4) is 0 Å². The molecule has 27 heavy (non-hydrogen) atoms. The molecule has 0 saturated carbocycles. The minimum absolute atomic E-state index is 0. The average molecular weight is 417 g/mol. The molecule has 1 aromatic rings. The van der Waals surface area contributed by atoms with Gasteiger partial charge in [-0.1, -0.05) is 25.4 Å². The van der Waals surface area contributed by atoms with E-state index < -0.39 is 17.6 Å². The van der Waals surface area contributed by atoms with E-state index in [0.717, 1.165) is 17.7 Å². The molecule has 0 aliphatic carbocycles. The summed E-state index contributed by atoms with van der Waals surface area (Å²) in [7, 11) is 0. The molecule has 0 bridgehead atoms. The molecule has 1 saturated heterocycles. The van der Waals surface area contributed by atoms with Crippen LogP contribution < -0.4 is 21.3 Å². The van der Waals surface area contributed by atoms with Gasteiger partial charge in [-0.3, -0.25) is 9.59 Å². The van der Waals surface area contributed by atoms with E-state index in [9.17, 15) is 14.4 Å². The summed E-state index contributed by atoms with van der Waals surface area (Å²) in [6, 6.07) is 5.21. The molecular formula is C18H26Cl2N4O3. The molecule has 4 N–H and O–H groups in total. The third-order valence-corrected chi connectivity index (χ3v) is 5.17. The minimum atomic E-state index is -0.723. The first-order valence-corrected chi connectivity index (χ1v) is 9.14. The number of urea groups is 1. The van der Waals surface area contributed by atoms with Crippen molar-refractivity contribution in [1.82, 2.24) is 10.6 Å². The monoisotopic (exact) mass is 416 g/mol. The van der Waals surface area contributed by atoms with E-state index in [-0.39, 0.29) is 37.1 Å². The number of anilines is 1.